The highest BCUT2D eigenvalue weighted by molar-refractivity contribution is 7.99. The number of nitrogens with zero attached hydrogens (tertiary/aromatic N) is 2. The molecule has 0 unspecified atom stereocenters. The number of rotatable bonds is 8. The van der Waals surface area contributed by atoms with Gasteiger partial charge in [0.15, 0.2) is 11.5 Å². The van der Waals surface area contributed by atoms with Crippen molar-refractivity contribution in [3.05, 3.63) is 83.7 Å². The Balaban J connectivity index is 1.35. The van der Waals surface area contributed by atoms with Crippen LogP contribution in [0, 0.1) is 13.8 Å². The zero-order valence-electron chi connectivity index (χ0n) is 19.5. The predicted molar refractivity (Wildman–Crippen MR) is 135 cm³/mol. The number of Topliss-reactive ketones (excluding diaryl/α,β-unsaturated/α-hetero) is 1. The van der Waals surface area contributed by atoms with Gasteiger partial charge in [-0.3, -0.25) is 4.79 Å². The fraction of sp³-hybridized carbons (Fsp3) is 0.286. The van der Waals surface area contributed by atoms with Crippen molar-refractivity contribution in [1.29, 1.82) is 0 Å². The van der Waals surface area contributed by atoms with Gasteiger partial charge in [0.2, 0.25) is 0 Å². The van der Waals surface area contributed by atoms with Crippen LogP contribution in [-0.2, 0) is 11.3 Å². The summed E-state index contributed by atoms with van der Waals surface area (Å²) >= 11 is 1.34. The standard InChI is InChI=1S/C28H28N2O3S/c1-19-16-24(20(2)30(19)17-23-14-9-15-32-23)25(31)18-34-28-29-26(21-10-5-3-6-11-21)27(33-28)22-12-7-4-8-13-22/h3-8,10-13,16,23H,9,14-15,17-18H2,1-2H3/t23-/m0/s1. The minimum atomic E-state index is 0.0809. The lowest BCUT2D eigenvalue weighted by Gasteiger charge is -2.14. The molecule has 0 amide bonds. The van der Waals surface area contributed by atoms with Gasteiger partial charge in [-0.1, -0.05) is 72.4 Å². The van der Waals surface area contributed by atoms with Crippen LogP contribution in [0.3, 0.4) is 0 Å². The van der Waals surface area contributed by atoms with Crippen LogP contribution in [-0.4, -0.2) is 33.8 Å². The number of oxazole rings is 1. The molecule has 1 aliphatic heterocycles. The fourth-order valence-corrected chi connectivity index (χ4v) is 5.21. The maximum atomic E-state index is 13.1. The average molecular weight is 473 g/mol. The van der Waals surface area contributed by atoms with Crippen LogP contribution in [0.15, 0.2) is 76.4 Å². The number of ether oxygens (including phenoxy) is 1. The van der Waals surface area contributed by atoms with Crippen molar-refractivity contribution in [2.24, 2.45) is 0 Å². The van der Waals surface area contributed by atoms with E-state index in [1.54, 1.807) is 0 Å². The normalized spacial score (nSPS) is 15.6. The van der Waals surface area contributed by atoms with E-state index in [0.717, 1.165) is 65.5 Å². The van der Waals surface area contributed by atoms with Gasteiger partial charge < -0.3 is 13.7 Å². The van der Waals surface area contributed by atoms with Gasteiger partial charge in [-0.25, -0.2) is 4.98 Å². The Labute approximate surface area is 204 Å². The summed E-state index contributed by atoms with van der Waals surface area (Å²) in [5.41, 5.74) is 5.60. The first-order chi connectivity index (χ1) is 16.6. The molecule has 0 radical (unpaired) electrons. The second-order valence-electron chi connectivity index (χ2n) is 8.63. The van der Waals surface area contributed by atoms with Crippen molar-refractivity contribution in [3.8, 4) is 22.6 Å². The Morgan fingerprint density at radius 3 is 2.44 bits per heavy atom. The summed E-state index contributed by atoms with van der Waals surface area (Å²) in [6, 6.07) is 22.0. The lowest BCUT2D eigenvalue weighted by atomic mass is 10.1. The molecule has 1 fully saturated rings. The molecule has 3 heterocycles. The van der Waals surface area contributed by atoms with Gasteiger partial charge in [0, 0.05) is 41.2 Å². The van der Waals surface area contributed by atoms with E-state index in [2.05, 4.69) is 11.5 Å². The number of ketones is 1. The van der Waals surface area contributed by atoms with E-state index in [4.69, 9.17) is 14.1 Å². The maximum absolute atomic E-state index is 13.1. The molecule has 1 atom stereocenters. The first-order valence-corrected chi connectivity index (χ1v) is 12.6. The molecule has 0 saturated carbocycles. The molecule has 0 bridgehead atoms. The van der Waals surface area contributed by atoms with Crippen LogP contribution in [0.4, 0.5) is 0 Å². The summed E-state index contributed by atoms with van der Waals surface area (Å²) in [5.74, 6) is 1.07. The number of carbonyl (C=O) groups is 1. The molecular formula is C28H28N2O3S. The lowest BCUT2D eigenvalue weighted by Crippen LogP contribution is -2.17. The summed E-state index contributed by atoms with van der Waals surface area (Å²) in [7, 11) is 0. The number of carbonyl (C=O) groups excluding carboxylic acids is 1. The molecular weight excluding hydrogens is 444 g/mol. The van der Waals surface area contributed by atoms with Crippen LogP contribution < -0.4 is 0 Å². The summed E-state index contributed by atoms with van der Waals surface area (Å²) in [6.45, 7) is 5.71. The molecule has 4 aromatic rings. The molecule has 6 heteroatoms. The molecule has 0 spiro atoms. The Morgan fingerprint density at radius 2 is 1.76 bits per heavy atom. The number of aromatic nitrogens is 2. The fourth-order valence-electron chi connectivity index (χ4n) is 4.50. The van der Waals surface area contributed by atoms with Crippen LogP contribution in [0.1, 0.15) is 34.6 Å². The monoisotopic (exact) mass is 472 g/mol. The molecule has 2 aromatic heterocycles. The van der Waals surface area contributed by atoms with E-state index >= 15 is 0 Å². The first kappa shape index (κ1) is 22.7. The molecule has 2 aromatic carbocycles. The summed E-state index contributed by atoms with van der Waals surface area (Å²) in [5, 5.41) is 0.499. The molecule has 34 heavy (non-hydrogen) atoms. The summed E-state index contributed by atoms with van der Waals surface area (Å²) < 4.78 is 14.2. The minimum Gasteiger partial charge on any atom is -0.431 e. The summed E-state index contributed by atoms with van der Waals surface area (Å²) in [4.78, 5) is 17.9. The predicted octanol–water partition coefficient (Wildman–Crippen LogP) is 6.58. The highest BCUT2D eigenvalue weighted by Crippen LogP contribution is 2.35. The van der Waals surface area contributed by atoms with Crippen LogP contribution in [0.5, 0.6) is 0 Å². The number of hydrogen-bond donors (Lipinski definition) is 0. The third-order valence-corrected chi connectivity index (χ3v) is 7.13. The van der Waals surface area contributed by atoms with Crippen molar-refractivity contribution >= 4 is 17.5 Å². The second kappa shape index (κ2) is 10.0. The number of thioether (sulfide) groups is 1. The number of aryl methyl sites for hydroxylation is 1. The minimum absolute atomic E-state index is 0.0809. The molecule has 1 aliphatic rings. The Bertz CT molecular complexity index is 1210. The molecule has 5 nitrogen and oxygen atoms in total. The highest BCUT2D eigenvalue weighted by Gasteiger charge is 2.22. The zero-order valence-corrected chi connectivity index (χ0v) is 20.3. The zero-order chi connectivity index (χ0) is 23.5. The quantitative estimate of drug-likeness (QED) is 0.214. The smallest absolute Gasteiger partial charge is 0.257 e. The molecule has 1 saturated heterocycles. The third kappa shape index (κ3) is 4.74. The van der Waals surface area contributed by atoms with E-state index in [1.807, 2.05) is 73.7 Å². The molecule has 0 aliphatic carbocycles. The Morgan fingerprint density at radius 1 is 1.06 bits per heavy atom. The van der Waals surface area contributed by atoms with Gasteiger partial charge in [-0.2, -0.15) is 0 Å². The van der Waals surface area contributed by atoms with Gasteiger partial charge in [-0.05, 0) is 32.8 Å². The van der Waals surface area contributed by atoms with Crippen LogP contribution in [0.25, 0.3) is 22.6 Å². The lowest BCUT2D eigenvalue weighted by molar-refractivity contribution is 0.0957. The van der Waals surface area contributed by atoms with E-state index < -0.39 is 0 Å². The molecule has 174 valence electrons. The summed E-state index contributed by atoms with van der Waals surface area (Å²) in [6.07, 6.45) is 2.43. The first-order valence-electron chi connectivity index (χ1n) is 11.7. The molecule has 0 N–H and O–H groups in total. The Hall–Kier alpha value is -3.09. The van der Waals surface area contributed by atoms with E-state index in [-0.39, 0.29) is 17.6 Å². The van der Waals surface area contributed by atoms with Gasteiger partial charge in [0.05, 0.1) is 11.9 Å². The Kier molecular flexibility index (Phi) is 6.70. The van der Waals surface area contributed by atoms with Crippen molar-refractivity contribution in [2.75, 3.05) is 12.4 Å². The highest BCUT2D eigenvalue weighted by atomic mass is 32.2. The van der Waals surface area contributed by atoms with Crippen molar-refractivity contribution in [2.45, 2.75) is 44.6 Å². The SMILES string of the molecule is Cc1cc(C(=O)CSc2nc(-c3ccccc3)c(-c3ccccc3)o2)c(C)n1C[C@@H]1CCCO1. The van der Waals surface area contributed by atoms with Gasteiger partial charge in [0.25, 0.3) is 5.22 Å². The van der Waals surface area contributed by atoms with E-state index in [1.165, 1.54) is 11.8 Å². The van der Waals surface area contributed by atoms with Gasteiger partial charge in [-0.15, -0.1) is 0 Å². The van der Waals surface area contributed by atoms with Crippen LogP contribution >= 0.6 is 11.8 Å². The number of benzene rings is 2. The van der Waals surface area contributed by atoms with Gasteiger partial charge in [0.1, 0.15) is 5.69 Å². The largest absolute Gasteiger partial charge is 0.431 e. The van der Waals surface area contributed by atoms with Crippen LogP contribution in [0.2, 0.25) is 0 Å². The van der Waals surface area contributed by atoms with Crippen molar-refractivity contribution in [1.82, 2.24) is 9.55 Å². The number of hydrogen-bond acceptors (Lipinski definition) is 5. The van der Waals surface area contributed by atoms with Crippen molar-refractivity contribution in [3.63, 3.8) is 0 Å². The topological polar surface area (TPSA) is 57.3 Å². The van der Waals surface area contributed by atoms with Gasteiger partial charge >= 0.3 is 0 Å². The van der Waals surface area contributed by atoms with E-state index in [0.29, 0.717) is 5.22 Å². The second-order valence-corrected chi connectivity index (χ2v) is 9.56. The molecule has 5 rings (SSSR count). The van der Waals surface area contributed by atoms with E-state index in [9.17, 15) is 4.79 Å². The maximum Gasteiger partial charge on any atom is 0.257 e. The average Bonchev–Trinajstić information content (AvgIpc) is 3.60. The van der Waals surface area contributed by atoms with Crippen molar-refractivity contribution < 1.29 is 13.9 Å². The third-order valence-electron chi connectivity index (χ3n) is 6.30.